The van der Waals surface area contributed by atoms with Crippen molar-refractivity contribution in [2.45, 2.75) is 24.7 Å². The minimum Gasteiger partial charge on any atom is -0.312 e. The SMILES string of the molecule is Cc1cccc(S(=O)(=O)Nc2cccc(N3CCCC3=O)c2)c1. The monoisotopic (exact) mass is 330 g/mol. The molecule has 2 aromatic carbocycles. The van der Waals surface area contributed by atoms with E-state index in [-0.39, 0.29) is 10.8 Å². The van der Waals surface area contributed by atoms with E-state index in [1.54, 1.807) is 41.3 Å². The lowest BCUT2D eigenvalue weighted by molar-refractivity contribution is -0.117. The first-order valence-electron chi connectivity index (χ1n) is 7.46. The van der Waals surface area contributed by atoms with E-state index in [4.69, 9.17) is 0 Å². The van der Waals surface area contributed by atoms with Gasteiger partial charge in [0.15, 0.2) is 0 Å². The van der Waals surface area contributed by atoms with Crippen molar-refractivity contribution in [3.63, 3.8) is 0 Å². The van der Waals surface area contributed by atoms with Crippen LogP contribution in [0.25, 0.3) is 0 Å². The van der Waals surface area contributed by atoms with Crippen molar-refractivity contribution in [2.75, 3.05) is 16.2 Å². The van der Waals surface area contributed by atoms with Crippen LogP contribution in [0.3, 0.4) is 0 Å². The molecule has 1 aliphatic heterocycles. The molecule has 0 saturated carbocycles. The summed E-state index contributed by atoms with van der Waals surface area (Å²) < 4.78 is 27.5. The second-order valence-electron chi connectivity index (χ2n) is 5.62. The highest BCUT2D eigenvalue weighted by Crippen LogP contribution is 2.25. The van der Waals surface area contributed by atoms with Gasteiger partial charge in [0.05, 0.1) is 10.6 Å². The van der Waals surface area contributed by atoms with Crippen LogP contribution in [-0.2, 0) is 14.8 Å². The first kappa shape index (κ1) is 15.6. The molecular formula is C17H18N2O3S. The van der Waals surface area contributed by atoms with Gasteiger partial charge in [-0.1, -0.05) is 18.2 Å². The van der Waals surface area contributed by atoms with Gasteiger partial charge in [-0.15, -0.1) is 0 Å². The van der Waals surface area contributed by atoms with Gasteiger partial charge in [0.2, 0.25) is 5.91 Å². The molecule has 0 bridgehead atoms. The third-order valence-electron chi connectivity index (χ3n) is 3.78. The number of carbonyl (C=O) groups is 1. The molecule has 2 aromatic rings. The Bertz CT molecular complexity index is 846. The third-order valence-corrected chi connectivity index (χ3v) is 5.16. The van der Waals surface area contributed by atoms with E-state index in [2.05, 4.69) is 4.72 Å². The number of hydrogen-bond acceptors (Lipinski definition) is 3. The van der Waals surface area contributed by atoms with Crippen LogP contribution in [0.5, 0.6) is 0 Å². The minimum atomic E-state index is -3.64. The molecule has 1 amide bonds. The Morgan fingerprint density at radius 2 is 1.87 bits per heavy atom. The lowest BCUT2D eigenvalue weighted by Gasteiger charge is -2.17. The largest absolute Gasteiger partial charge is 0.312 e. The zero-order valence-electron chi connectivity index (χ0n) is 12.8. The van der Waals surface area contributed by atoms with Gasteiger partial charge in [0, 0.05) is 18.7 Å². The molecule has 0 unspecified atom stereocenters. The molecule has 1 N–H and O–H groups in total. The predicted octanol–water partition coefficient (Wildman–Crippen LogP) is 2.92. The molecule has 0 atom stereocenters. The van der Waals surface area contributed by atoms with E-state index in [0.29, 0.717) is 18.7 Å². The fourth-order valence-corrected chi connectivity index (χ4v) is 3.81. The lowest BCUT2D eigenvalue weighted by Crippen LogP contribution is -2.23. The van der Waals surface area contributed by atoms with Gasteiger partial charge in [-0.25, -0.2) is 8.42 Å². The van der Waals surface area contributed by atoms with Crippen LogP contribution in [0, 0.1) is 6.92 Å². The summed E-state index contributed by atoms with van der Waals surface area (Å²) in [5.41, 5.74) is 2.05. The molecule has 0 spiro atoms. The second kappa shape index (κ2) is 6.04. The Hall–Kier alpha value is -2.34. The average molecular weight is 330 g/mol. The van der Waals surface area contributed by atoms with Crippen molar-refractivity contribution in [3.8, 4) is 0 Å². The Morgan fingerprint density at radius 3 is 2.57 bits per heavy atom. The number of amides is 1. The molecule has 0 radical (unpaired) electrons. The lowest BCUT2D eigenvalue weighted by atomic mass is 10.2. The third kappa shape index (κ3) is 3.37. The molecule has 1 heterocycles. The highest BCUT2D eigenvalue weighted by Gasteiger charge is 2.22. The predicted molar refractivity (Wildman–Crippen MR) is 90.0 cm³/mol. The summed E-state index contributed by atoms with van der Waals surface area (Å²) in [6, 6.07) is 13.7. The van der Waals surface area contributed by atoms with Crippen LogP contribution in [-0.4, -0.2) is 20.9 Å². The van der Waals surface area contributed by atoms with Gasteiger partial charge >= 0.3 is 0 Å². The van der Waals surface area contributed by atoms with Gasteiger partial charge in [-0.2, -0.15) is 0 Å². The zero-order chi connectivity index (χ0) is 16.4. The van der Waals surface area contributed by atoms with Crippen LogP contribution in [0.2, 0.25) is 0 Å². The normalized spacial score (nSPS) is 15.0. The van der Waals surface area contributed by atoms with E-state index < -0.39 is 10.0 Å². The van der Waals surface area contributed by atoms with E-state index in [1.165, 1.54) is 0 Å². The van der Waals surface area contributed by atoms with Crippen molar-refractivity contribution >= 4 is 27.3 Å². The molecular weight excluding hydrogens is 312 g/mol. The summed E-state index contributed by atoms with van der Waals surface area (Å²) in [6.45, 7) is 2.52. The van der Waals surface area contributed by atoms with Crippen molar-refractivity contribution < 1.29 is 13.2 Å². The highest BCUT2D eigenvalue weighted by molar-refractivity contribution is 7.92. The molecule has 6 heteroatoms. The average Bonchev–Trinajstić information content (AvgIpc) is 2.93. The van der Waals surface area contributed by atoms with Gasteiger partial charge in [-0.05, 0) is 49.2 Å². The maximum Gasteiger partial charge on any atom is 0.261 e. The van der Waals surface area contributed by atoms with Gasteiger partial charge in [0.25, 0.3) is 10.0 Å². The number of nitrogens with one attached hydrogen (secondary N) is 1. The molecule has 1 saturated heterocycles. The molecule has 120 valence electrons. The maximum absolute atomic E-state index is 12.5. The Labute approximate surface area is 136 Å². The second-order valence-corrected chi connectivity index (χ2v) is 7.30. The van der Waals surface area contributed by atoms with E-state index in [1.807, 2.05) is 19.1 Å². The molecule has 5 nitrogen and oxygen atoms in total. The van der Waals surface area contributed by atoms with Crippen molar-refractivity contribution in [2.24, 2.45) is 0 Å². The number of aryl methyl sites for hydroxylation is 1. The number of rotatable bonds is 4. The summed E-state index contributed by atoms with van der Waals surface area (Å²) in [5.74, 6) is 0.0729. The first-order valence-corrected chi connectivity index (χ1v) is 8.94. The topological polar surface area (TPSA) is 66.5 Å². The number of benzene rings is 2. The smallest absolute Gasteiger partial charge is 0.261 e. The molecule has 23 heavy (non-hydrogen) atoms. The summed E-state index contributed by atoms with van der Waals surface area (Å²) in [5, 5.41) is 0. The van der Waals surface area contributed by atoms with Crippen LogP contribution in [0.1, 0.15) is 18.4 Å². The quantitative estimate of drug-likeness (QED) is 0.937. The first-order chi connectivity index (χ1) is 11.0. The number of carbonyl (C=O) groups excluding carboxylic acids is 1. The van der Waals surface area contributed by atoms with Crippen LogP contribution in [0.4, 0.5) is 11.4 Å². The summed E-state index contributed by atoms with van der Waals surface area (Å²) >= 11 is 0. The molecule has 3 rings (SSSR count). The maximum atomic E-state index is 12.5. The van der Waals surface area contributed by atoms with Gasteiger partial charge in [-0.3, -0.25) is 9.52 Å². The number of anilines is 2. The summed E-state index contributed by atoms with van der Waals surface area (Å²) in [7, 11) is -3.64. The van der Waals surface area contributed by atoms with E-state index in [9.17, 15) is 13.2 Å². The number of sulfonamides is 1. The molecule has 0 aromatic heterocycles. The number of hydrogen-bond donors (Lipinski definition) is 1. The molecule has 0 aliphatic carbocycles. The molecule has 1 fully saturated rings. The Balaban J connectivity index is 1.87. The Kier molecular flexibility index (Phi) is 4.09. The van der Waals surface area contributed by atoms with E-state index in [0.717, 1.165) is 17.7 Å². The molecule has 1 aliphatic rings. The van der Waals surface area contributed by atoms with Crippen molar-refractivity contribution in [3.05, 3.63) is 54.1 Å². The fraction of sp³-hybridized carbons (Fsp3) is 0.235. The van der Waals surface area contributed by atoms with Crippen molar-refractivity contribution in [1.29, 1.82) is 0 Å². The number of nitrogens with zero attached hydrogens (tertiary/aromatic N) is 1. The van der Waals surface area contributed by atoms with Crippen LogP contribution in [0.15, 0.2) is 53.4 Å². The fourth-order valence-electron chi connectivity index (χ4n) is 2.66. The Morgan fingerprint density at radius 1 is 1.09 bits per heavy atom. The van der Waals surface area contributed by atoms with Crippen LogP contribution < -0.4 is 9.62 Å². The zero-order valence-corrected chi connectivity index (χ0v) is 13.6. The van der Waals surface area contributed by atoms with Crippen molar-refractivity contribution in [1.82, 2.24) is 0 Å². The highest BCUT2D eigenvalue weighted by atomic mass is 32.2. The van der Waals surface area contributed by atoms with E-state index >= 15 is 0 Å². The summed E-state index contributed by atoms with van der Waals surface area (Å²) in [6.07, 6.45) is 1.37. The van der Waals surface area contributed by atoms with Crippen LogP contribution >= 0.6 is 0 Å². The minimum absolute atomic E-state index is 0.0729. The standard InChI is InChI=1S/C17H18N2O3S/c1-13-5-2-8-16(11-13)23(21,22)18-14-6-3-7-15(12-14)19-10-4-9-17(19)20/h2-3,5-8,11-12,18H,4,9-10H2,1H3. The van der Waals surface area contributed by atoms with Gasteiger partial charge in [0.1, 0.15) is 0 Å². The van der Waals surface area contributed by atoms with Gasteiger partial charge < -0.3 is 4.90 Å². The summed E-state index contributed by atoms with van der Waals surface area (Å²) in [4.78, 5) is 13.7.